The maximum atomic E-state index is 6.13. The maximum absolute atomic E-state index is 6.13. The fourth-order valence-corrected chi connectivity index (χ4v) is 3.39. The third kappa shape index (κ3) is 1.43. The highest BCUT2D eigenvalue weighted by atomic mass is 127. The van der Waals surface area contributed by atoms with Crippen LogP contribution in [0.5, 0.6) is 5.75 Å². The first-order valence-electron chi connectivity index (χ1n) is 5.68. The van der Waals surface area contributed by atoms with E-state index in [0.29, 0.717) is 0 Å². The summed E-state index contributed by atoms with van der Waals surface area (Å²) in [7, 11) is 2.14. The normalized spacial score (nSPS) is 29.2. The second-order valence-corrected chi connectivity index (χ2v) is 5.78. The van der Waals surface area contributed by atoms with Crippen LogP contribution in [0.4, 0.5) is 5.69 Å². The van der Waals surface area contributed by atoms with Crippen LogP contribution < -0.4 is 9.64 Å². The van der Waals surface area contributed by atoms with Gasteiger partial charge in [-0.1, -0.05) is 12.1 Å². The molecule has 1 aromatic rings. The summed E-state index contributed by atoms with van der Waals surface area (Å²) in [5.41, 5.74) is 1.23. The first-order valence-corrected chi connectivity index (χ1v) is 6.75. The van der Waals surface area contributed by atoms with Crippen molar-refractivity contribution in [2.75, 3.05) is 25.0 Å². The van der Waals surface area contributed by atoms with Gasteiger partial charge in [-0.3, -0.25) is 0 Å². The summed E-state index contributed by atoms with van der Waals surface area (Å²) >= 11 is 2.42. The number of ether oxygens (including phenoxy) is 1. The quantitative estimate of drug-likeness (QED) is 0.413. The summed E-state index contributed by atoms with van der Waals surface area (Å²) in [5, 5.41) is 0. The number of fused-ring (bicyclic) bond motifs is 3. The van der Waals surface area contributed by atoms with Gasteiger partial charge in [-0.15, -0.1) is 0 Å². The van der Waals surface area contributed by atoms with Crippen molar-refractivity contribution in [1.29, 1.82) is 0 Å². The molecule has 0 bridgehead atoms. The molecule has 1 atom stereocenters. The molecule has 86 valence electrons. The first-order chi connectivity index (χ1) is 7.72. The Balaban J connectivity index is 2.06. The van der Waals surface area contributed by atoms with E-state index >= 15 is 0 Å². The Morgan fingerprint density at radius 3 is 2.88 bits per heavy atom. The number of halogens is 1. The number of alkyl halides is 1. The molecule has 2 aliphatic rings. The Kier molecular flexibility index (Phi) is 2.51. The van der Waals surface area contributed by atoms with Crippen molar-refractivity contribution in [1.82, 2.24) is 4.90 Å². The molecule has 0 N–H and O–H groups in total. The SMILES string of the molecule is CN1CCCCN2c3ccccc3OC12I. The van der Waals surface area contributed by atoms with E-state index in [4.69, 9.17) is 4.74 Å². The minimum Gasteiger partial charge on any atom is -0.443 e. The van der Waals surface area contributed by atoms with Crippen molar-refractivity contribution >= 4 is 28.3 Å². The Morgan fingerprint density at radius 1 is 1.25 bits per heavy atom. The van der Waals surface area contributed by atoms with Crippen LogP contribution >= 0.6 is 22.6 Å². The lowest BCUT2D eigenvalue weighted by Crippen LogP contribution is -2.55. The second-order valence-electron chi connectivity index (χ2n) is 4.38. The van der Waals surface area contributed by atoms with E-state index in [0.717, 1.165) is 18.8 Å². The highest BCUT2D eigenvalue weighted by molar-refractivity contribution is 14.1. The molecule has 0 saturated carbocycles. The lowest BCUT2D eigenvalue weighted by atomic mass is 10.2. The Bertz CT molecular complexity index is 412. The van der Waals surface area contributed by atoms with Crippen LogP contribution in [0.1, 0.15) is 12.8 Å². The lowest BCUT2D eigenvalue weighted by Gasteiger charge is -2.37. The minimum atomic E-state index is -0.321. The molecule has 2 aliphatic heterocycles. The van der Waals surface area contributed by atoms with Crippen LogP contribution in [0, 0.1) is 0 Å². The highest BCUT2D eigenvalue weighted by Gasteiger charge is 2.47. The van der Waals surface area contributed by atoms with Crippen molar-refractivity contribution in [2.24, 2.45) is 0 Å². The topological polar surface area (TPSA) is 15.7 Å². The number of para-hydroxylation sites is 2. The monoisotopic (exact) mass is 330 g/mol. The lowest BCUT2D eigenvalue weighted by molar-refractivity contribution is 0.0502. The van der Waals surface area contributed by atoms with E-state index in [9.17, 15) is 0 Å². The molecule has 0 aliphatic carbocycles. The maximum Gasteiger partial charge on any atom is 0.296 e. The molecule has 1 aromatic carbocycles. The van der Waals surface area contributed by atoms with Gasteiger partial charge in [0, 0.05) is 35.7 Å². The number of anilines is 1. The van der Waals surface area contributed by atoms with E-state index in [1.54, 1.807) is 0 Å². The van der Waals surface area contributed by atoms with Crippen molar-refractivity contribution in [2.45, 2.75) is 16.7 Å². The van der Waals surface area contributed by atoms with E-state index in [1.807, 2.05) is 6.07 Å². The van der Waals surface area contributed by atoms with E-state index in [1.165, 1.54) is 18.5 Å². The Hall–Kier alpha value is -0.490. The third-order valence-corrected chi connectivity index (χ3v) is 4.95. The summed E-state index contributed by atoms with van der Waals surface area (Å²) in [6, 6.07) is 8.31. The van der Waals surface area contributed by atoms with Crippen molar-refractivity contribution in [3.05, 3.63) is 24.3 Å². The van der Waals surface area contributed by atoms with Crippen LogP contribution in [-0.4, -0.2) is 28.9 Å². The molecule has 1 fully saturated rings. The van der Waals surface area contributed by atoms with Gasteiger partial charge in [0.2, 0.25) is 0 Å². The summed E-state index contributed by atoms with van der Waals surface area (Å²) in [6.07, 6.45) is 2.47. The molecule has 0 radical (unpaired) electrons. The molecule has 4 heteroatoms. The van der Waals surface area contributed by atoms with Crippen molar-refractivity contribution < 1.29 is 4.74 Å². The molecule has 0 amide bonds. The second kappa shape index (κ2) is 3.77. The van der Waals surface area contributed by atoms with Gasteiger partial charge in [0.25, 0.3) is 3.86 Å². The molecular weight excluding hydrogens is 315 g/mol. The Labute approximate surface area is 110 Å². The van der Waals surface area contributed by atoms with Gasteiger partial charge < -0.3 is 9.64 Å². The number of hydrogen-bond donors (Lipinski definition) is 0. The van der Waals surface area contributed by atoms with Crippen LogP contribution in [-0.2, 0) is 0 Å². The van der Waals surface area contributed by atoms with Gasteiger partial charge >= 0.3 is 0 Å². The van der Waals surface area contributed by atoms with Gasteiger partial charge in [0.15, 0.2) is 0 Å². The van der Waals surface area contributed by atoms with Gasteiger partial charge in [-0.25, -0.2) is 4.90 Å². The van der Waals surface area contributed by atoms with E-state index in [-0.39, 0.29) is 3.86 Å². The molecule has 0 aromatic heterocycles. The molecule has 3 nitrogen and oxygen atoms in total. The van der Waals surface area contributed by atoms with Crippen LogP contribution in [0.2, 0.25) is 0 Å². The van der Waals surface area contributed by atoms with Gasteiger partial charge in [0.05, 0.1) is 5.69 Å². The van der Waals surface area contributed by atoms with Crippen molar-refractivity contribution in [3.8, 4) is 5.75 Å². The number of nitrogens with zero attached hydrogens (tertiary/aromatic N) is 2. The van der Waals surface area contributed by atoms with Crippen LogP contribution in [0.25, 0.3) is 0 Å². The summed E-state index contributed by atoms with van der Waals surface area (Å²) in [5.74, 6) is 1.01. The van der Waals surface area contributed by atoms with Gasteiger partial charge in [0.1, 0.15) is 5.75 Å². The van der Waals surface area contributed by atoms with Crippen LogP contribution in [0.15, 0.2) is 24.3 Å². The average Bonchev–Trinajstić information content (AvgIpc) is 2.50. The standard InChI is InChI=1S/C12H15IN2O/c1-14-8-4-5-9-15-10-6-2-3-7-11(10)16-12(14,15)13/h2-3,6-7H,4-5,8-9H2,1H3. The minimum absolute atomic E-state index is 0.321. The number of benzene rings is 1. The summed E-state index contributed by atoms with van der Waals surface area (Å²) < 4.78 is 5.81. The fraction of sp³-hybridized carbons (Fsp3) is 0.500. The molecule has 16 heavy (non-hydrogen) atoms. The smallest absolute Gasteiger partial charge is 0.296 e. The fourth-order valence-electron chi connectivity index (χ4n) is 2.41. The molecule has 1 unspecified atom stereocenters. The van der Waals surface area contributed by atoms with Crippen LogP contribution in [0.3, 0.4) is 0 Å². The average molecular weight is 330 g/mol. The molecular formula is C12H15IN2O. The predicted octanol–water partition coefficient (Wildman–Crippen LogP) is 2.66. The third-order valence-electron chi connectivity index (χ3n) is 3.32. The van der Waals surface area contributed by atoms with E-state index in [2.05, 4.69) is 57.6 Å². The molecule has 0 spiro atoms. The largest absolute Gasteiger partial charge is 0.443 e. The van der Waals surface area contributed by atoms with Gasteiger partial charge in [-0.05, 0) is 32.0 Å². The molecule has 1 saturated heterocycles. The number of hydrogen-bond acceptors (Lipinski definition) is 3. The first kappa shape index (κ1) is 10.7. The van der Waals surface area contributed by atoms with E-state index < -0.39 is 0 Å². The zero-order valence-electron chi connectivity index (χ0n) is 9.32. The summed E-state index contributed by atoms with van der Waals surface area (Å²) in [4.78, 5) is 4.66. The molecule has 3 rings (SSSR count). The summed E-state index contributed by atoms with van der Waals surface area (Å²) in [6.45, 7) is 2.16. The number of rotatable bonds is 0. The highest BCUT2D eigenvalue weighted by Crippen LogP contribution is 2.47. The predicted molar refractivity (Wildman–Crippen MR) is 73.0 cm³/mol. The van der Waals surface area contributed by atoms with Crippen molar-refractivity contribution in [3.63, 3.8) is 0 Å². The zero-order valence-corrected chi connectivity index (χ0v) is 11.5. The zero-order chi connectivity index (χ0) is 11.2. The molecule has 2 heterocycles. The van der Waals surface area contributed by atoms with Gasteiger partial charge in [-0.2, -0.15) is 0 Å². The Morgan fingerprint density at radius 2 is 2.00 bits per heavy atom.